The number of carboxylic acid groups (broad SMARTS) is 1. The van der Waals surface area contributed by atoms with Gasteiger partial charge in [0, 0.05) is 0 Å². The molecule has 0 aromatic carbocycles. The van der Waals surface area contributed by atoms with Crippen molar-refractivity contribution in [1.82, 2.24) is 0 Å². The van der Waals surface area contributed by atoms with E-state index in [9.17, 15) is 14.7 Å². The lowest BCUT2D eigenvalue weighted by molar-refractivity contribution is -0.169. The fourth-order valence-corrected chi connectivity index (χ4v) is 5.30. The number of aliphatic carboxylic acids is 1. The first-order valence-corrected chi connectivity index (χ1v) is 10.9. The van der Waals surface area contributed by atoms with Crippen LogP contribution in [0.15, 0.2) is 0 Å². The van der Waals surface area contributed by atoms with Crippen molar-refractivity contribution in [1.29, 1.82) is 0 Å². The first-order chi connectivity index (χ1) is 12.5. The summed E-state index contributed by atoms with van der Waals surface area (Å²) >= 11 is 0. The molecule has 0 heterocycles. The molecule has 7 atom stereocenters. The molecule has 0 amide bonds. The Labute approximate surface area is 165 Å². The molecule has 2 aliphatic carbocycles. The molecule has 0 bridgehead atoms. The summed E-state index contributed by atoms with van der Waals surface area (Å²) in [6.45, 7) is 13.2. The molecule has 0 aliphatic heterocycles. The van der Waals surface area contributed by atoms with Gasteiger partial charge in [-0.2, -0.15) is 0 Å². The molecule has 1 N–H and O–H groups in total. The van der Waals surface area contributed by atoms with Crippen molar-refractivity contribution in [2.75, 3.05) is 0 Å². The molecular formula is C23H40O4. The average Bonchev–Trinajstić information content (AvgIpc) is 2.52. The number of carboxylic acids is 1. The van der Waals surface area contributed by atoms with Crippen LogP contribution in [0, 0.1) is 40.9 Å². The van der Waals surface area contributed by atoms with Gasteiger partial charge in [-0.3, -0.25) is 9.59 Å². The van der Waals surface area contributed by atoms with Crippen LogP contribution in [0.4, 0.5) is 0 Å². The number of carbonyl (C=O) groups is 2. The molecule has 156 valence electrons. The zero-order valence-electron chi connectivity index (χ0n) is 18.2. The van der Waals surface area contributed by atoms with Gasteiger partial charge in [-0.25, -0.2) is 0 Å². The number of carbonyl (C=O) groups excluding carboxylic acids is 1. The monoisotopic (exact) mass is 380 g/mol. The number of esters is 1. The van der Waals surface area contributed by atoms with Crippen LogP contribution in [0.25, 0.3) is 0 Å². The van der Waals surface area contributed by atoms with Crippen molar-refractivity contribution in [3.63, 3.8) is 0 Å². The van der Waals surface area contributed by atoms with Crippen molar-refractivity contribution in [3.8, 4) is 0 Å². The SMILES string of the molecule is CC1CCC(C(CC(C)(C)C)OC(=O)C2CCC(C)CC2C(=O)O)C(C)C1. The highest BCUT2D eigenvalue weighted by atomic mass is 16.5. The smallest absolute Gasteiger partial charge is 0.310 e. The van der Waals surface area contributed by atoms with E-state index in [-0.39, 0.29) is 17.5 Å². The maximum atomic E-state index is 13.0. The zero-order valence-corrected chi connectivity index (χ0v) is 18.2. The van der Waals surface area contributed by atoms with E-state index in [0.717, 1.165) is 25.2 Å². The molecule has 7 unspecified atom stereocenters. The van der Waals surface area contributed by atoms with E-state index in [1.807, 2.05) is 0 Å². The summed E-state index contributed by atoms with van der Waals surface area (Å²) in [6, 6.07) is 0. The van der Waals surface area contributed by atoms with Gasteiger partial charge in [0.15, 0.2) is 0 Å². The van der Waals surface area contributed by atoms with Crippen molar-refractivity contribution in [2.45, 2.75) is 92.6 Å². The summed E-state index contributed by atoms with van der Waals surface area (Å²) in [5.74, 6) is -0.186. The molecule has 0 aromatic heterocycles. The Kier molecular flexibility index (Phi) is 7.38. The van der Waals surface area contributed by atoms with Gasteiger partial charge in [0.2, 0.25) is 0 Å². The summed E-state index contributed by atoms with van der Waals surface area (Å²) in [5.41, 5.74) is 0.0704. The third kappa shape index (κ3) is 6.22. The molecule has 2 saturated carbocycles. The van der Waals surface area contributed by atoms with E-state index in [0.29, 0.717) is 30.6 Å². The minimum Gasteiger partial charge on any atom is -0.481 e. The molecule has 4 nitrogen and oxygen atoms in total. The Hall–Kier alpha value is -1.06. The first kappa shape index (κ1) is 22.2. The third-order valence-electron chi connectivity index (χ3n) is 6.79. The van der Waals surface area contributed by atoms with Gasteiger partial charge in [-0.05, 0) is 67.6 Å². The second-order valence-electron chi connectivity index (χ2n) is 10.8. The second kappa shape index (κ2) is 8.96. The van der Waals surface area contributed by atoms with Gasteiger partial charge in [-0.15, -0.1) is 0 Å². The van der Waals surface area contributed by atoms with Gasteiger partial charge < -0.3 is 9.84 Å². The molecule has 0 saturated heterocycles. The Balaban J connectivity index is 2.13. The second-order valence-corrected chi connectivity index (χ2v) is 10.8. The van der Waals surface area contributed by atoms with Crippen LogP contribution in [-0.2, 0) is 14.3 Å². The van der Waals surface area contributed by atoms with Crippen LogP contribution in [0.1, 0.15) is 86.5 Å². The van der Waals surface area contributed by atoms with Crippen LogP contribution in [0.5, 0.6) is 0 Å². The zero-order chi connectivity index (χ0) is 20.4. The summed E-state index contributed by atoms with van der Waals surface area (Å²) < 4.78 is 6.12. The van der Waals surface area contributed by atoms with Gasteiger partial charge in [0.1, 0.15) is 6.10 Å². The lowest BCUT2D eigenvalue weighted by atomic mass is 9.70. The highest BCUT2D eigenvalue weighted by Gasteiger charge is 2.42. The van der Waals surface area contributed by atoms with Crippen molar-refractivity contribution < 1.29 is 19.4 Å². The summed E-state index contributed by atoms with van der Waals surface area (Å²) in [5, 5.41) is 9.61. The molecular weight excluding hydrogens is 340 g/mol. The maximum absolute atomic E-state index is 13.0. The summed E-state index contributed by atoms with van der Waals surface area (Å²) in [6.07, 6.45) is 6.32. The van der Waals surface area contributed by atoms with Crippen molar-refractivity contribution in [2.24, 2.45) is 40.9 Å². The third-order valence-corrected chi connectivity index (χ3v) is 6.79. The Morgan fingerprint density at radius 2 is 1.56 bits per heavy atom. The van der Waals surface area contributed by atoms with Crippen LogP contribution < -0.4 is 0 Å². The van der Waals surface area contributed by atoms with Crippen LogP contribution in [0.2, 0.25) is 0 Å². The molecule has 0 spiro atoms. The lowest BCUT2D eigenvalue weighted by Crippen LogP contribution is -2.42. The molecule has 2 fully saturated rings. The van der Waals surface area contributed by atoms with E-state index < -0.39 is 17.8 Å². The lowest BCUT2D eigenvalue weighted by Gasteiger charge is -2.40. The fourth-order valence-electron chi connectivity index (χ4n) is 5.30. The predicted molar refractivity (Wildman–Crippen MR) is 107 cm³/mol. The Morgan fingerprint density at radius 1 is 0.963 bits per heavy atom. The minimum absolute atomic E-state index is 0.0704. The maximum Gasteiger partial charge on any atom is 0.310 e. The predicted octanol–water partition coefficient (Wildman–Crippen LogP) is 5.54. The van der Waals surface area contributed by atoms with Gasteiger partial charge in [-0.1, -0.05) is 48.0 Å². The van der Waals surface area contributed by atoms with E-state index in [2.05, 4.69) is 41.5 Å². The molecule has 0 radical (unpaired) electrons. The highest BCUT2D eigenvalue weighted by molar-refractivity contribution is 5.81. The molecule has 2 aliphatic rings. The van der Waals surface area contributed by atoms with Crippen molar-refractivity contribution in [3.05, 3.63) is 0 Å². The van der Waals surface area contributed by atoms with Gasteiger partial charge >= 0.3 is 11.9 Å². The van der Waals surface area contributed by atoms with Crippen molar-refractivity contribution >= 4 is 11.9 Å². The summed E-state index contributed by atoms with van der Waals surface area (Å²) in [4.78, 5) is 24.8. The Bertz CT molecular complexity index is 521. The number of rotatable bonds is 5. The van der Waals surface area contributed by atoms with E-state index >= 15 is 0 Å². The highest BCUT2D eigenvalue weighted by Crippen LogP contribution is 2.41. The fraction of sp³-hybridized carbons (Fsp3) is 0.913. The number of ether oxygens (including phenoxy) is 1. The standard InChI is InChI=1S/C23H40O4/c1-14-7-9-17(16(3)11-14)20(13-23(4,5)6)27-22(26)18-10-8-15(2)12-19(18)21(24)25/h14-20H,7-13H2,1-6H3,(H,24,25). The normalized spacial score (nSPS) is 36.1. The molecule has 4 heteroatoms. The molecule has 27 heavy (non-hydrogen) atoms. The number of hydrogen-bond acceptors (Lipinski definition) is 3. The molecule has 0 aromatic rings. The number of hydrogen-bond donors (Lipinski definition) is 1. The van der Waals surface area contributed by atoms with E-state index in [1.54, 1.807) is 0 Å². The first-order valence-electron chi connectivity index (χ1n) is 10.9. The van der Waals surface area contributed by atoms with E-state index in [1.165, 1.54) is 12.8 Å². The van der Waals surface area contributed by atoms with Crippen LogP contribution in [-0.4, -0.2) is 23.1 Å². The topological polar surface area (TPSA) is 63.6 Å². The Morgan fingerprint density at radius 3 is 2.11 bits per heavy atom. The average molecular weight is 381 g/mol. The minimum atomic E-state index is -0.851. The largest absolute Gasteiger partial charge is 0.481 e. The van der Waals surface area contributed by atoms with Crippen LogP contribution >= 0.6 is 0 Å². The van der Waals surface area contributed by atoms with Crippen LogP contribution in [0.3, 0.4) is 0 Å². The van der Waals surface area contributed by atoms with Gasteiger partial charge in [0.25, 0.3) is 0 Å². The summed E-state index contributed by atoms with van der Waals surface area (Å²) in [7, 11) is 0. The quantitative estimate of drug-likeness (QED) is 0.636. The molecule has 2 rings (SSSR count). The van der Waals surface area contributed by atoms with E-state index in [4.69, 9.17) is 4.74 Å². The van der Waals surface area contributed by atoms with Gasteiger partial charge in [0.05, 0.1) is 11.8 Å².